The predicted molar refractivity (Wildman–Crippen MR) is 88.6 cm³/mol. The fraction of sp³-hybridized carbons (Fsp3) is 0.625. The number of anilines is 2. The second-order valence-corrected chi connectivity index (χ2v) is 6.36. The van der Waals surface area contributed by atoms with E-state index in [-0.39, 0.29) is 5.41 Å². The van der Waals surface area contributed by atoms with Crippen LogP contribution in [-0.2, 0) is 0 Å². The maximum Gasteiger partial charge on any atom is 0.121 e. The monoisotopic (exact) mass is 295 g/mol. The number of benzene rings is 1. The highest BCUT2D eigenvalue weighted by atomic mass is 16.5. The third kappa shape index (κ3) is 7.20. The Morgan fingerprint density at radius 3 is 2.67 bits per heavy atom. The molecule has 0 saturated carbocycles. The number of nitrogens with two attached hydrogens (primary N) is 1. The molecule has 0 spiro atoms. The van der Waals surface area contributed by atoms with Crippen molar-refractivity contribution in [3.05, 3.63) is 18.2 Å². The second kappa shape index (κ2) is 8.10. The van der Waals surface area contributed by atoms with E-state index in [9.17, 15) is 5.11 Å². The molecule has 1 unspecified atom stereocenters. The first-order valence-electron chi connectivity index (χ1n) is 7.49. The van der Waals surface area contributed by atoms with Gasteiger partial charge in [-0.25, -0.2) is 0 Å². The SMILES string of the molecule is CCNc1cc(OCCNC(O)CC(C)(C)C)ccc1N. The van der Waals surface area contributed by atoms with Crippen LogP contribution in [0.15, 0.2) is 18.2 Å². The summed E-state index contributed by atoms with van der Waals surface area (Å²) in [5.74, 6) is 0.771. The van der Waals surface area contributed by atoms with Crippen LogP contribution in [0.2, 0.25) is 0 Å². The average Bonchev–Trinajstić information content (AvgIpc) is 2.36. The van der Waals surface area contributed by atoms with E-state index in [0.29, 0.717) is 25.3 Å². The molecule has 1 aromatic carbocycles. The number of aliphatic hydroxyl groups is 1. The lowest BCUT2D eigenvalue weighted by Crippen LogP contribution is -2.35. The van der Waals surface area contributed by atoms with Gasteiger partial charge in [-0.15, -0.1) is 0 Å². The van der Waals surface area contributed by atoms with Gasteiger partial charge in [0.2, 0.25) is 0 Å². The molecule has 0 bridgehead atoms. The molecule has 5 heteroatoms. The molecule has 1 atom stereocenters. The molecule has 0 radical (unpaired) electrons. The van der Waals surface area contributed by atoms with Crippen LogP contribution in [0.4, 0.5) is 11.4 Å². The first kappa shape index (κ1) is 17.6. The van der Waals surface area contributed by atoms with E-state index in [1.165, 1.54) is 0 Å². The standard InChI is InChI=1S/C16H29N3O2/c1-5-18-14-10-12(6-7-13(14)17)21-9-8-19-15(20)11-16(2,3)4/h6-7,10,15,18-20H,5,8-9,11,17H2,1-4H3. The minimum atomic E-state index is -0.502. The van der Waals surface area contributed by atoms with Crippen molar-refractivity contribution in [2.75, 3.05) is 30.7 Å². The van der Waals surface area contributed by atoms with Crippen LogP contribution in [0, 0.1) is 5.41 Å². The van der Waals surface area contributed by atoms with Gasteiger partial charge in [0.25, 0.3) is 0 Å². The summed E-state index contributed by atoms with van der Waals surface area (Å²) in [5, 5.41) is 16.1. The molecule has 120 valence electrons. The average molecular weight is 295 g/mol. The first-order chi connectivity index (χ1) is 9.81. The van der Waals surface area contributed by atoms with Crippen molar-refractivity contribution in [2.45, 2.75) is 40.3 Å². The zero-order chi connectivity index (χ0) is 15.9. The van der Waals surface area contributed by atoms with E-state index in [0.717, 1.165) is 18.0 Å². The fourth-order valence-electron chi connectivity index (χ4n) is 2.02. The Balaban J connectivity index is 2.34. The second-order valence-electron chi connectivity index (χ2n) is 6.36. The van der Waals surface area contributed by atoms with Crippen LogP contribution in [0.5, 0.6) is 5.75 Å². The Morgan fingerprint density at radius 1 is 1.33 bits per heavy atom. The van der Waals surface area contributed by atoms with Gasteiger partial charge >= 0.3 is 0 Å². The molecule has 0 aromatic heterocycles. The largest absolute Gasteiger partial charge is 0.492 e. The maximum atomic E-state index is 9.84. The fourth-order valence-corrected chi connectivity index (χ4v) is 2.02. The van der Waals surface area contributed by atoms with Gasteiger partial charge in [0.1, 0.15) is 18.6 Å². The Labute approximate surface area is 127 Å². The van der Waals surface area contributed by atoms with Crippen LogP contribution in [-0.4, -0.2) is 31.0 Å². The van der Waals surface area contributed by atoms with Crippen molar-refractivity contribution >= 4 is 11.4 Å². The third-order valence-corrected chi connectivity index (χ3v) is 2.95. The minimum Gasteiger partial charge on any atom is -0.492 e. The highest BCUT2D eigenvalue weighted by Gasteiger charge is 2.15. The lowest BCUT2D eigenvalue weighted by atomic mass is 9.91. The van der Waals surface area contributed by atoms with Gasteiger partial charge < -0.3 is 20.9 Å². The summed E-state index contributed by atoms with van der Waals surface area (Å²) in [7, 11) is 0. The molecule has 0 saturated heterocycles. The van der Waals surface area contributed by atoms with Crippen molar-refractivity contribution in [3.63, 3.8) is 0 Å². The van der Waals surface area contributed by atoms with Gasteiger partial charge in [-0.3, -0.25) is 5.32 Å². The first-order valence-corrected chi connectivity index (χ1v) is 7.49. The number of aliphatic hydroxyl groups excluding tert-OH is 1. The summed E-state index contributed by atoms with van der Waals surface area (Å²) >= 11 is 0. The number of ether oxygens (including phenoxy) is 1. The van der Waals surface area contributed by atoms with E-state index < -0.39 is 6.23 Å². The van der Waals surface area contributed by atoms with Crippen molar-refractivity contribution < 1.29 is 9.84 Å². The lowest BCUT2D eigenvalue weighted by molar-refractivity contribution is 0.0859. The van der Waals surface area contributed by atoms with Gasteiger partial charge in [0.05, 0.1) is 11.4 Å². The Kier molecular flexibility index (Phi) is 6.78. The van der Waals surface area contributed by atoms with E-state index in [2.05, 4.69) is 31.4 Å². The molecule has 0 aliphatic rings. The van der Waals surface area contributed by atoms with E-state index in [4.69, 9.17) is 10.5 Å². The number of hydrogen-bond donors (Lipinski definition) is 4. The van der Waals surface area contributed by atoms with Gasteiger partial charge in [-0.1, -0.05) is 20.8 Å². The zero-order valence-corrected chi connectivity index (χ0v) is 13.6. The van der Waals surface area contributed by atoms with Gasteiger partial charge in [-0.05, 0) is 30.9 Å². The van der Waals surface area contributed by atoms with Crippen molar-refractivity contribution in [1.82, 2.24) is 5.32 Å². The number of hydrogen-bond acceptors (Lipinski definition) is 5. The highest BCUT2D eigenvalue weighted by molar-refractivity contribution is 5.68. The van der Waals surface area contributed by atoms with Crippen molar-refractivity contribution in [3.8, 4) is 5.75 Å². The lowest BCUT2D eigenvalue weighted by Gasteiger charge is -2.23. The Morgan fingerprint density at radius 2 is 2.05 bits per heavy atom. The molecule has 21 heavy (non-hydrogen) atoms. The smallest absolute Gasteiger partial charge is 0.121 e. The van der Waals surface area contributed by atoms with Gasteiger partial charge in [0, 0.05) is 19.2 Å². The molecule has 0 heterocycles. The number of rotatable bonds is 8. The number of nitrogens with one attached hydrogen (secondary N) is 2. The molecular formula is C16H29N3O2. The summed E-state index contributed by atoms with van der Waals surface area (Å²) in [6.45, 7) is 10.2. The summed E-state index contributed by atoms with van der Waals surface area (Å²) in [6.07, 6.45) is 0.205. The van der Waals surface area contributed by atoms with Gasteiger partial charge in [0.15, 0.2) is 0 Å². The van der Waals surface area contributed by atoms with Crippen LogP contribution in [0.1, 0.15) is 34.1 Å². The molecule has 5 N–H and O–H groups in total. The summed E-state index contributed by atoms with van der Waals surface area (Å²) < 4.78 is 5.66. The molecule has 0 aliphatic carbocycles. The Bertz CT molecular complexity index is 430. The molecule has 0 amide bonds. The third-order valence-electron chi connectivity index (χ3n) is 2.95. The maximum absolute atomic E-state index is 9.84. The summed E-state index contributed by atoms with van der Waals surface area (Å²) in [5.41, 5.74) is 7.56. The van der Waals surface area contributed by atoms with Crippen molar-refractivity contribution in [1.29, 1.82) is 0 Å². The quantitative estimate of drug-likeness (QED) is 0.336. The zero-order valence-electron chi connectivity index (χ0n) is 13.6. The number of nitrogen functional groups attached to an aromatic ring is 1. The topological polar surface area (TPSA) is 79.5 Å². The minimum absolute atomic E-state index is 0.102. The van der Waals surface area contributed by atoms with Crippen LogP contribution in [0.25, 0.3) is 0 Å². The van der Waals surface area contributed by atoms with Crippen LogP contribution in [0.3, 0.4) is 0 Å². The van der Waals surface area contributed by atoms with Gasteiger partial charge in [-0.2, -0.15) is 0 Å². The molecule has 0 fully saturated rings. The molecule has 1 aromatic rings. The van der Waals surface area contributed by atoms with Crippen LogP contribution >= 0.6 is 0 Å². The van der Waals surface area contributed by atoms with Crippen molar-refractivity contribution in [2.24, 2.45) is 5.41 Å². The van der Waals surface area contributed by atoms with E-state index >= 15 is 0 Å². The predicted octanol–water partition coefficient (Wildman–Crippen LogP) is 2.42. The molecule has 5 nitrogen and oxygen atoms in total. The highest BCUT2D eigenvalue weighted by Crippen LogP contribution is 2.24. The summed E-state index contributed by atoms with van der Waals surface area (Å²) in [6, 6.07) is 5.57. The molecular weight excluding hydrogens is 266 g/mol. The molecule has 0 aliphatic heterocycles. The normalized spacial score (nSPS) is 13.0. The van der Waals surface area contributed by atoms with E-state index in [1.54, 1.807) is 0 Å². The van der Waals surface area contributed by atoms with E-state index in [1.807, 2.05) is 25.1 Å². The summed E-state index contributed by atoms with van der Waals surface area (Å²) in [4.78, 5) is 0. The Hall–Kier alpha value is -1.46. The van der Waals surface area contributed by atoms with Crippen LogP contribution < -0.4 is 21.1 Å². The molecule has 1 rings (SSSR count).